The lowest BCUT2D eigenvalue weighted by molar-refractivity contribution is 0.449. The third-order valence-corrected chi connectivity index (χ3v) is 6.02. The molecule has 3 aromatic rings. The second-order valence-electron chi connectivity index (χ2n) is 7.31. The number of rotatable bonds is 2. The summed E-state index contributed by atoms with van der Waals surface area (Å²) in [5.41, 5.74) is 4.54. The SMILES string of the molecule is Oc1ccc(C2(c3ccc(O)cc3)c3ccccc3C3C=CC=CC32)cc1. The second kappa shape index (κ2) is 5.88. The largest absolute Gasteiger partial charge is 0.508 e. The van der Waals surface area contributed by atoms with E-state index in [1.165, 1.54) is 11.1 Å². The summed E-state index contributed by atoms with van der Waals surface area (Å²) in [6.45, 7) is 0. The highest BCUT2D eigenvalue weighted by Gasteiger charge is 2.52. The van der Waals surface area contributed by atoms with Crippen LogP contribution in [0.15, 0.2) is 97.1 Å². The van der Waals surface area contributed by atoms with Crippen LogP contribution in [0.5, 0.6) is 11.5 Å². The van der Waals surface area contributed by atoms with Crippen molar-refractivity contribution in [3.8, 4) is 11.5 Å². The molecule has 0 aromatic heterocycles. The number of benzene rings is 3. The highest BCUT2D eigenvalue weighted by Crippen LogP contribution is 2.59. The van der Waals surface area contributed by atoms with Crippen LogP contribution >= 0.6 is 0 Å². The fraction of sp³-hybridized carbons (Fsp3) is 0.120. The number of phenolic OH excluding ortho intramolecular Hbond substituents is 2. The van der Waals surface area contributed by atoms with Gasteiger partial charge in [-0.3, -0.25) is 0 Å². The Morgan fingerprint density at radius 1 is 0.630 bits per heavy atom. The minimum absolute atomic E-state index is 0.231. The Labute approximate surface area is 158 Å². The Morgan fingerprint density at radius 3 is 1.81 bits per heavy atom. The van der Waals surface area contributed by atoms with Gasteiger partial charge >= 0.3 is 0 Å². The molecule has 0 spiro atoms. The highest BCUT2D eigenvalue weighted by molar-refractivity contribution is 5.63. The first-order valence-electron chi connectivity index (χ1n) is 9.24. The Morgan fingerprint density at radius 2 is 1.19 bits per heavy atom. The molecule has 2 atom stereocenters. The Balaban J connectivity index is 1.88. The topological polar surface area (TPSA) is 40.5 Å². The summed E-state index contributed by atoms with van der Waals surface area (Å²) in [6.07, 6.45) is 8.83. The van der Waals surface area contributed by atoms with E-state index in [9.17, 15) is 10.2 Å². The lowest BCUT2D eigenvalue weighted by Gasteiger charge is -2.38. The molecule has 2 N–H and O–H groups in total. The van der Waals surface area contributed by atoms with Crippen molar-refractivity contribution in [2.24, 2.45) is 5.92 Å². The standard InChI is InChI=1S/C25H20O2/c26-19-13-9-17(10-14-19)25(18-11-15-20(27)16-12-18)23-7-3-1-5-21(23)22-6-2-4-8-24(22)25/h1-16,21,23,26-27H. The summed E-state index contributed by atoms with van der Waals surface area (Å²) >= 11 is 0. The van der Waals surface area contributed by atoms with Crippen LogP contribution in [-0.2, 0) is 5.41 Å². The zero-order valence-corrected chi connectivity index (χ0v) is 14.8. The highest BCUT2D eigenvalue weighted by atomic mass is 16.3. The Kier molecular flexibility index (Phi) is 3.48. The predicted octanol–water partition coefficient (Wildman–Crippen LogP) is 5.27. The number of fused-ring (bicyclic) bond motifs is 3. The monoisotopic (exact) mass is 352 g/mol. The lowest BCUT2D eigenvalue weighted by Crippen LogP contribution is -2.34. The smallest absolute Gasteiger partial charge is 0.115 e. The molecule has 3 aromatic carbocycles. The van der Waals surface area contributed by atoms with E-state index in [-0.39, 0.29) is 22.8 Å². The average molecular weight is 352 g/mol. The predicted molar refractivity (Wildman–Crippen MR) is 107 cm³/mol. The number of phenols is 2. The molecule has 2 unspecified atom stereocenters. The van der Waals surface area contributed by atoms with Crippen LogP contribution in [0.4, 0.5) is 0 Å². The fourth-order valence-corrected chi connectivity index (χ4v) is 4.96. The molecule has 2 aliphatic rings. The van der Waals surface area contributed by atoms with Gasteiger partial charge in [-0.15, -0.1) is 0 Å². The quantitative estimate of drug-likeness (QED) is 0.659. The number of allylic oxidation sites excluding steroid dienone is 4. The zero-order valence-electron chi connectivity index (χ0n) is 14.8. The van der Waals surface area contributed by atoms with E-state index in [1.54, 1.807) is 24.3 Å². The van der Waals surface area contributed by atoms with Gasteiger partial charge in [0.05, 0.1) is 5.41 Å². The van der Waals surface area contributed by atoms with Crippen molar-refractivity contribution in [3.63, 3.8) is 0 Å². The van der Waals surface area contributed by atoms with Crippen molar-refractivity contribution in [1.29, 1.82) is 0 Å². The van der Waals surface area contributed by atoms with Crippen molar-refractivity contribution in [3.05, 3.63) is 119 Å². The molecule has 0 fully saturated rings. The van der Waals surface area contributed by atoms with Crippen LogP contribution in [0.3, 0.4) is 0 Å². The molecular formula is C25H20O2. The second-order valence-corrected chi connectivity index (χ2v) is 7.31. The van der Waals surface area contributed by atoms with Gasteiger partial charge in [-0.25, -0.2) is 0 Å². The first-order valence-corrected chi connectivity index (χ1v) is 9.24. The maximum atomic E-state index is 9.86. The third-order valence-electron chi connectivity index (χ3n) is 6.02. The summed E-state index contributed by atoms with van der Waals surface area (Å²) < 4.78 is 0. The van der Waals surface area contributed by atoms with Crippen LogP contribution in [0, 0.1) is 5.92 Å². The van der Waals surface area contributed by atoms with Gasteiger partial charge in [0.2, 0.25) is 0 Å². The number of aromatic hydroxyl groups is 2. The molecule has 5 rings (SSSR count). The van der Waals surface area contributed by atoms with Crippen molar-refractivity contribution in [1.82, 2.24) is 0 Å². The molecule has 0 radical (unpaired) electrons. The molecule has 2 heteroatoms. The summed E-state index contributed by atoms with van der Waals surface area (Å²) in [7, 11) is 0. The maximum absolute atomic E-state index is 9.86. The van der Waals surface area contributed by atoms with Gasteiger partial charge in [0.15, 0.2) is 0 Å². The van der Waals surface area contributed by atoms with Crippen LogP contribution in [0.25, 0.3) is 0 Å². The molecule has 0 saturated heterocycles. The number of hydrogen-bond acceptors (Lipinski definition) is 2. The molecule has 0 bridgehead atoms. The molecular weight excluding hydrogens is 332 g/mol. The normalized spacial score (nSPS) is 21.6. The Bertz CT molecular complexity index is 997. The molecule has 0 aliphatic heterocycles. The van der Waals surface area contributed by atoms with Gasteiger partial charge < -0.3 is 10.2 Å². The number of hydrogen-bond donors (Lipinski definition) is 2. The van der Waals surface area contributed by atoms with E-state index in [1.807, 2.05) is 24.3 Å². The van der Waals surface area contributed by atoms with Gasteiger partial charge in [0.1, 0.15) is 11.5 Å². The summed E-state index contributed by atoms with van der Waals surface area (Å²) in [5, 5.41) is 19.7. The van der Waals surface area contributed by atoms with Crippen molar-refractivity contribution >= 4 is 0 Å². The molecule has 0 amide bonds. The van der Waals surface area contributed by atoms with Gasteiger partial charge in [0.25, 0.3) is 0 Å². The van der Waals surface area contributed by atoms with Gasteiger partial charge in [-0.2, -0.15) is 0 Å². The third kappa shape index (κ3) is 2.20. The fourth-order valence-electron chi connectivity index (χ4n) is 4.96. The minimum Gasteiger partial charge on any atom is -0.508 e. The zero-order chi connectivity index (χ0) is 18.4. The Hall–Kier alpha value is -3.26. The van der Waals surface area contributed by atoms with E-state index in [0.717, 1.165) is 11.1 Å². The lowest BCUT2D eigenvalue weighted by atomic mass is 9.63. The van der Waals surface area contributed by atoms with Gasteiger partial charge in [-0.1, -0.05) is 72.8 Å². The first-order chi connectivity index (χ1) is 13.2. The van der Waals surface area contributed by atoms with Gasteiger partial charge in [0, 0.05) is 11.8 Å². The molecule has 2 nitrogen and oxygen atoms in total. The van der Waals surface area contributed by atoms with E-state index < -0.39 is 0 Å². The van der Waals surface area contributed by atoms with Crippen LogP contribution in [0.2, 0.25) is 0 Å². The molecule has 27 heavy (non-hydrogen) atoms. The van der Waals surface area contributed by atoms with Crippen molar-refractivity contribution in [2.45, 2.75) is 11.3 Å². The first kappa shape index (κ1) is 16.0. The summed E-state index contributed by atoms with van der Waals surface area (Å²) in [4.78, 5) is 0. The van der Waals surface area contributed by atoms with Gasteiger partial charge in [-0.05, 0) is 46.5 Å². The summed E-state index contributed by atoms with van der Waals surface area (Å²) in [5.74, 6) is 1.06. The molecule has 132 valence electrons. The van der Waals surface area contributed by atoms with E-state index >= 15 is 0 Å². The van der Waals surface area contributed by atoms with Crippen molar-refractivity contribution in [2.75, 3.05) is 0 Å². The minimum atomic E-state index is -0.371. The van der Waals surface area contributed by atoms with E-state index in [4.69, 9.17) is 0 Å². The van der Waals surface area contributed by atoms with Crippen molar-refractivity contribution < 1.29 is 10.2 Å². The van der Waals surface area contributed by atoms with Crippen LogP contribution in [-0.4, -0.2) is 10.2 Å². The van der Waals surface area contributed by atoms with E-state index in [0.29, 0.717) is 5.92 Å². The molecule has 0 saturated carbocycles. The average Bonchev–Trinajstić information content (AvgIpc) is 3.01. The van der Waals surface area contributed by atoms with Crippen LogP contribution in [0.1, 0.15) is 28.2 Å². The summed E-state index contributed by atoms with van der Waals surface area (Å²) in [6, 6.07) is 23.8. The molecule has 2 aliphatic carbocycles. The maximum Gasteiger partial charge on any atom is 0.115 e. The van der Waals surface area contributed by atoms with E-state index in [2.05, 4.69) is 48.6 Å². The molecule has 0 heterocycles. The van der Waals surface area contributed by atoms with Crippen LogP contribution < -0.4 is 0 Å².